The number of aliphatic imine (C=N–C) groups is 1. The Hall–Kier alpha value is -4.58. The standard InChI is InChI=1S/C27H22F2N6O3S/c1-33(2)18-9-7-17(8-10-18)15-23-25(37)35(19-11-13-20(14-12-19)38-26(28)29)27(30-23)39-16-34-24(36)21-5-3-4-6-22(21)31-32-34/h3-15,26H,16H2,1-2H3/b23-15+. The molecular weight excluding hydrogens is 526 g/mol. The molecule has 0 N–H and O–H groups in total. The summed E-state index contributed by atoms with van der Waals surface area (Å²) in [5, 5.41) is 8.81. The number of nitrogens with zero attached hydrogens (tertiary/aromatic N) is 6. The molecule has 1 aromatic heterocycles. The molecule has 0 saturated carbocycles. The van der Waals surface area contributed by atoms with Crippen LogP contribution in [0.25, 0.3) is 17.0 Å². The number of rotatable bonds is 7. The van der Waals surface area contributed by atoms with Gasteiger partial charge in [0, 0.05) is 19.8 Å². The van der Waals surface area contributed by atoms with Crippen molar-refractivity contribution >= 4 is 51.2 Å². The van der Waals surface area contributed by atoms with Crippen molar-refractivity contribution < 1.29 is 18.3 Å². The van der Waals surface area contributed by atoms with Gasteiger partial charge in [-0.05, 0) is 60.2 Å². The monoisotopic (exact) mass is 548 g/mol. The molecule has 0 spiro atoms. The number of halogens is 2. The zero-order valence-corrected chi connectivity index (χ0v) is 21.7. The molecule has 0 unspecified atom stereocenters. The summed E-state index contributed by atoms with van der Waals surface area (Å²) in [5.74, 6) is -0.411. The Morgan fingerprint density at radius 1 is 1.00 bits per heavy atom. The van der Waals surface area contributed by atoms with E-state index >= 15 is 0 Å². The molecule has 0 radical (unpaired) electrons. The molecule has 1 aliphatic heterocycles. The number of alkyl halides is 2. The van der Waals surface area contributed by atoms with Crippen molar-refractivity contribution in [1.82, 2.24) is 15.0 Å². The highest BCUT2D eigenvalue weighted by Crippen LogP contribution is 2.31. The lowest BCUT2D eigenvalue weighted by molar-refractivity contribution is -0.113. The molecule has 2 heterocycles. The summed E-state index contributed by atoms with van der Waals surface area (Å²) in [7, 11) is 3.87. The van der Waals surface area contributed by atoms with Crippen LogP contribution < -0.4 is 20.1 Å². The van der Waals surface area contributed by atoms with E-state index in [1.165, 1.54) is 33.8 Å². The number of aromatic nitrogens is 3. The third kappa shape index (κ3) is 5.65. The molecule has 39 heavy (non-hydrogen) atoms. The van der Waals surface area contributed by atoms with Gasteiger partial charge >= 0.3 is 6.61 Å². The van der Waals surface area contributed by atoms with E-state index < -0.39 is 12.5 Å². The maximum Gasteiger partial charge on any atom is 0.387 e. The van der Waals surface area contributed by atoms with E-state index in [0.717, 1.165) is 23.0 Å². The van der Waals surface area contributed by atoms with E-state index in [1.807, 2.05) is 43.3 Å². The SMILES string of the molecule is CN(C)c1ccc(/C=C2/N=C(SCn3nnc4ccccc4c3=O)N(c3ccc(OC(F)F)cc3)C2=O)cc1. The molecular formula is C27H22F2N6O3S. The second kappa shape index (κ2) is 11.0. The van der Waals surface area contributed by atoms with E-state index in [-0.39, 0.29) is 22.9 Å². The van der Waals surface area contributed by atoms with Gasteiger partial charge in [0.05, 0.1) is 17.0 Å². The van der Waals surface area contributed by atoms with Crippen molar-refractivity contribution in [3.8, 4) is 5.75 Å². The second-order valence-corrected chi connectivity index (χ2v) is 9.52. The summed E-state index contributed by atoms with van der Waals surface area (Å²) in [4.78, 5) is 34.2. The summed E-state index contributed by atoms with van der Waals surface area (Å²) < 4.78 is 30.8. The summed E-state index contributed by atoms with van der Waals surface area (Å²) in [6, 6.07) is 20.2. The second-order valence-electron chi connectivity index (χ2n) is 8.61. The van der Waals surface area contributed by atoms with E-state index in [9.17, 15) is 18.4 Å². The van der Waals surface area contributed by atoms with E-state index in [4.69, 9.17) is 0 Å². The van der Waals surface area contributed by atoms with Crippen LogP contribution in [0.2, 0.25) is 0 Å². The predicted molar refractivity (Wildman–Crippen MR) is 148 cm³/mol. The van der Waals surface area contributed by atoms with Gasteiger partial charge in [-0.3, -0.25) is 14.5 Å². The van der Waals surface area contributed by atoms with E-state index in [1.54, 1.807) is 30.3 Å². The number of anilines is 2. The molecule has 1 aliphatic rings. The zero-order chi connectivity index (χ0) is 27.5. The minimum atomic E-state index is -2.97. The first kappa shape index (κ1) is 26.0. The van der Waals surface area contributed by atoms with Crippen LogP contribution in [0.15, 0.2) is 88.3 Å². The zero-order valence-electron chi connectivity index (χ0n) is 20.9. The Labute approximate surface area is 226 Å². The van der Waals surface area contributed by atoms with Crippen LogP contribution >= 0.6 is 11.8 Å². The minimum absolute atomic E-state index is 0.0384. The van der Waals surface area contributed by atoms with Crippen molar-refractivity contribution in [1.29, 1.82) is 0 Å². The predicted octanol–water partition coefficient (Wildman–Crippen LogP) is 4.59. The van der Waals surface area contributed by atoms with Crippen LogP contribution in [0.4, 0.5) is 20.2 Å². The first-order valence-corrected chi connectivity index (χ1v) is 12.7. The van der Waals surface area contributed by atoms with Crippen molar-refractivity contribution in [2.24, 2.45) is 4.99 Å². The topological polar surface area (TPSA) is 92.9 Å². The number of amides is 1. The summed E-state index contributed by atoms with van der Waals surface area (Å²) in [6.07, 6.45) is 1.67. The highest BCUT2D eigenvalue weighted by molar-refractivity contribution is 8.13. The third-order valence-corrected chi connectivity index (χ3v) is 6.71. The van der Waals surface area contributed by atoms with Crippen molar-refractivity contribution in [3.05, 3.63) is 94.4 Å². The van der Waals surface area contributed by atoms with Crippen LogP contribution in [-0.2, 0) is 10.7 Å². The summed E-state index contributed by atoms with van der Waals surface area (Å²) in [5.41, 5.74) is 2.52. The van der Waals surface area contributed by atoms with Gasteiger partial charge < -0.3 is 9.64 Å². The fraction of sp³-hybridized carbons (Fsp3) is 0.148. The molecule has 0 atom stereocenters. The van der Waals surface area contributed by atoms with E-state index in [0.29, 0.717) is 21.8 Å². The van der Waals surface area contributed by atoms with Gasteiger partial charge in [-0.25, -0.2) is 4.99 Å². The highest BCUT2D eigenvalue weighted by Gasteiger charge is 2.32. The molecule has 9 nitrogen and oxygen atoms in total. The summed E-state index contributed by atoms with van der Waals surface area (Å²) in [6.45, 7) is -2.97. The molecule has 5 rings (SSSR count). The largest absolute Gasteiger partial charge is 0.435 e. The maximum absolute atomic E-state index is 13.5. The van der Waals surface area contributed by atoms with Gasteiger partial charge in [0.25, 0.3) is 11.5 Å². The molecule has 198 valence electrons. The summed E-state index contributed by atoms with van der Waals surface area (Å²) >= 11 is 1.12. The van der Waals surface area contributed by atoms with Gasteiger partial charge in [-0.1, -0.05) is 41.2 Å². The van der Waals surface area contributed by atoms with Gasteiger partial charge in [0.2, 0.25) is 0 Å². The fourth-order valence-electron chi connectivity index (χ4n) is 3.85. The van der Waals surface area contributed by atoms with Crippen LogP contribution in [0, 0.1) is 0 Å². The average Bonchev–Trinajstić information content (AvgIpc) is 3.23. The van der Waals surface area contributed by atoms with Crippen LogP contribution in [0.3, 0.4) is 0 Å². The van der Waals surface area contributed by atoms with E-state index in [2.05, 4.69) is 20.0 Å². The van der Waals surface area contributed by atoms with Gasteiger partial charge in [0.15, 0.2) is 5.17 Å². The molecule has 12 heteroatoms. The van der Waals surface area contributed by atoms with Crippen LogP contribution in [-0.4, -0.2) is 46.8 Å². The first-order valence-electron chi connectivity index (χ1n) is 11.7. The molecule has 0 bridgehead atoms. The number of amidine groups is 1. The number of carbonyl (C=O) groups is 1. The Balaban J connectivity index is 1.47. The molecule has 0 fully saturated rings. The number of carbonyl (C=O) groups excluding carboxylic acids is 1. The van der Waals surface area contributed by atoms with Gasteiger partial charge in [-0.15, -0.1) is 5.10 Å². The lowest BCUT2D eigenvalue weighted by Gasteiger charge is -2.18. The third-order valence-electron chi connectivity index (χ3n) is 5.81. The molecule has 0 saturated heterocycles. The number of thioether (sulfide) groups is 1. The Morgan fingerprint density at radius 2 is 1.72 bits per heavy atom. The Bertz CT molecular complexity index is 1640. The molecule has 0 aliphatic carbocycles. The average molecular weight is 549 g/mol. The van der Waals surface area contributed by atoms with Gasteiger partial charge in [0.1, 0.15) is 17.0 Å². The lowest BCUT2D eigenvalue weighted by Crippen LogP contribution is -2.31. The number of hydrogen-bond donors (Lipinski definition) is 0. The normalized spacial score (nSPS) is 14.4. The quantitative estimate of drug-likeness (QED) is 0.312. The first-order chi connectivity index (χ1) is 18.8. The fourth-order valence-corrected chi connectivity index (χ4v) is 4.74. The number of ether oxygens (including phenoxy) is 1. The number of benzene rings is 3. The molecule has 4 aromatic rings. The van der Waals surface area contributed by atoms with Crippen molar-refractivity contribution in [3.63, 3.8) is 0 Å². The Kier molecular flexibility index (Phi) is 7.37. The van der Waals surface area contributed by atoms with Crippen LogP contribution in [0.1, 0.15) is 5.56 Å². The van der Waals surface area contributed by atoms with Gasteiger partial charge in [-0.2, -0.15) is 13.5 Å². The Morgan fingerprint density at radius 3 is 2.41 bits per heavy atom. The smallest absolute Gasteiger partial charge is 0.387 e. The number of hydrogen-bond acceptors (Lipinski definition) is 8. The molecule has 1 amide bonds. The highest BCUT2D eigenvalue weighted by atomic mass is 32.2. The number of fused-ring (bicyclic) bond motifs is 1. The minimum Gasteiger partial charge on any atom is -0.435 e. The lowest BCUT2D eigenvalue weighted by atomic mass is 10.1. The van der Waals surface area contributed by atoms with Crippen molar-refractivity contribution in [2.75, 3.05) is 23.9 Å². The van der Waals surface area contributed by atoms with Crippen molar-refractivity contribution in [2.45, 2.75) is 12.5 Å². The van der Waals surface area contributed by atoms with Crippen LogP contribution in [0.5, 0.6) is 5.75 Å². The maximum atomic E-state index is 13.5. The molecule has 3 aromatic carbocycles.